The van der Waals surface area contributed by atoms with Crippen LogP contribution in [0.25, 0.3) is 0 Å². The van der Waals surface area contributed by atoms with Crippen molar-refractivity contribution in [3.63, 3.8) is 0 Å². The van der Waals surface area contributed by atoms with Gasteiger partial charge < -0.3 is 4.84 Å². The van der Waals surface area contributed by atoms with Crippen molar-refractivity contribution in [3.8, 4) is 0 Å². The molecule has 1 aliphatic heterocycles. The van der Waals surface area contributed by atoms with Gasteiger partial charge in [-0.2, -0.15) is 0 Å². The maximum atomic E-state index is 11.9. The van der Waals surface area contributed by atoms with Crippen molar-refractivity contribution in [1.82, 2.24) is 5.06 Å². The van der Waals surface area contributed by atoms with Crippen LogP contribution in [0.5, 0.6) is 0 Å². The number of carbonyl (C=O) groups is 3. The second-order valence-electron chi connectivity index (χ2n) is 4.64. The monoisotopic (exact) mass is 387 g/mol. The summed E-state index contributed by atoms with van der Waals surface area (Å²) in [5, 5.41) is 0.559. The highest BCUT2D eigenvalue weighted by atomic mass is 127. The first-order valence-corrected chi connectivity index (χ1v) is 7.53. The smallest absolute Gasteiger partial charge is 0.325 e. The normalized spacial score (nSPS) is 16.4. The first kappa shape index (κ1) is 15.0. The predicted octanol–water partition coefficient (Wildman–Crippen LogP) is 2.27. The number of nitrogens with zero attached hydrogens (tertiary/aromatic N) is 1. The van der Waals surface area contributed by atoms with Gasteiger partial charge in [-0.1, -0.05) is 41.6 Å². The van der Waals surface area contributed by atoms with Gasteiger partial charge in [0.1, 0.15) is 0 Å². The first-order valence-electron chi connectivity index (χ1n) is 6.28. The summed E-state index contributed by atoms with van der Waals surface area (Å²) >= 11 is 2.33. The van der Waals surface area contributed by atoms with Crippen LogP contribution >= 0.6 is 22.6 Å². The highest BCUT2D eigenvalue weighted by Gasteiger charge is 2.33. The fourth-order valence-electron chi connectivity index (χ4n) is 1.90. The summed E-state index contributed by atoms with van der Waals surface area (Å²) in [4.78, 5) is 39.4. The Hall–Kier alpha value is -1.44. The molecule has 2 rings (SSSR count). The summed E-state index contributed by atoms with van der Waals surface area (Å²) in [6.07, 6.45) is 1.11. The van der Waals surface area contributed by atoms with Gasteiger partial charge in [-0.25, -0.2) is 4.79 Å². The molecule has 106 valence electrons. The van der Waals surface area contributed by atoms with Crippen LogP contribution in [0, 0.1) is 0 Å². The Labute approximate surface area is 130 Å². The molecular formula is C14H14INO4. The van der Waals surface area contributed by atoms with Crippen LogP contribution in [0.2, 0.25) is 0 Å². The molecule has 1 fully saturated rings. The topological polar surface area (TPSA) is 63.7 Å². The molecule has 1 heterocycles. The van der Waals surface area contributed by atoms with Gasteiger partial charge in [0.05, 0.1) is 5.56 Å². The Kier molecular flexibility index (Phi) is 4.74. The van der Waals surface area contributed by atoms with Crippen LogP contribution in [-0.4, -0.2) is 26.8 Å². The average molecular weight is 387 g/mol. The fourth-order valence-corrected chi connectivity index (χ4v) is 2.40. The molecule has 1 unspecified atom stereocenters. The zero-order valence-electron chi connectivity index (χ0n) is 11.0. The minimum Gasteiger partial charge on any atom is -0.325 e. The number of hydroxylamine groups is 2. The third kappa shape index (κ3) is 3.56. The number of rotatable bonds is 4. The molecule has 0 N–H and O–H groups in total. The molecule has 0 saturated carbocycles. The van der Waals surface area contributed by atoms with Crippen LogP contribution in [0.3, 0.4) is 0 Å². The number of alkyl halides is 1. The Balaban J connectivity index is 2.02. The van der Waals surface area contributed by atoms with Gasteiger partial charge >= 0.3 is 5.97 Å². The lowest BCUT2D eigenvalue weighted by Crippen LogP contribution is -2.32. The number of imide groups is 1. The minimum absolute atomic E-state index is 0.0958. The fraction of sp³-hybridized carbons (Fsp3) is 0.357. The molecule has 1 aromatic carbocycles. The van der Waals surface area contributed by atoms with Gasteiger partial charge in [-0.15, -0.1) is 5.06 Å². The predicted molar refractivity (Wildman–Crippen MR) is 80.1 cm³/mol. The minimum atomic E-state index is -0.692. The molecule has 0 bridgehead atoms. The number of amides is 2. The summed E-state index contributed by atoms with van der Waals surface area (Å²) in [7, 11) is 0. The Bertz CT molecular complexity index is 523. The van der Waals surface area contributed by atoms with Crippen molar-refractivity contribution in [1.29, 1.82) is 0 Å². The molecule has 6 heteroatoms. The van der Waals surface area contributed by atoms with Crippen LogP contribution in [0.15, 0.2) is 24.3 Å². The Morgan fingerprint density at radius 2 is 1.80 bits per heavy atom. The number of hydrogen-bond donors (Lipinski definition) is 0. The lowest BCUT2D eigenvalue weighted by Gasteiger charge is -2.12. The third-order valence-electron chi connectivity index (χ3n) is 2.89. The van der Waals surface area contributed by atoms with Crippen molar-refractivity contribution >= 4 is 40.4 Å². The van der Waals surface area contributed by atoms with Crippen LogP contribution in [0.4, 0.5) is 0 Å². The molecule has 0 aliphatic carbocycles. The SMILES string of the molecule is CC(I)Cc1ccc(C(=O)ON2C(=O)CCC2=O)cc1. The van der Waals surface area contributed by atoms with Crippen LogP contribution in [-0.2, 0) is 20.8 Å². The number of halogens is 1. The summed E-state index contributed by atoms with van der Waals surface area (Å²) in [6, 6.07) is 6.97. The van der Waals surface area contributed by atoms with Gasteiger partial charge in [0.15, 0.2) is 0 Å². The molecule has 20 heavy (non-hydrogen) atoms. The Morgan fingerprint density at radius 1 is 1.25 bits per heavy atom. The van der Waals surface area contributed by atoms with Crippen LogP contribution < -0.4 is 0 Å². The van der Waals surface area contributed by atoms with E-state index in [1.54, 1.807) is 12.1 Å². The number of benzene rings is 1. The molecular weight excluding hydrogens is 373 g/mol. The highest BCUT2D eigenvalue weighted by molar-refractivity contribution is 14.1. The average Bonchev–Trinajstić information content (AvgIpc) is 2.70. The van der Waals surface area contributed by atoms with Crippen molar-refractivity contribution in [3.05, 3.63) is 35.4 Å². The van der Waals surface area contributed by atoms with Gasteiger partial charge in [0.25, 0.3) is 11.8 Å². The molecule has 0 aromatic heterocycles. The number of hydrogen-bond acceptors (Lipinski definition) is 4. The van der Waals surface area contributed by atoms with Gasteiger partial charge in [-0.05, 0) is 24.1 Å². The van der Waals surface area contributed by atoms with Crippen LogP contribution in [0.1, 0.15) is 35.7 Å². The van der Waals surface area contributed by atoms with Gasteiger partial charge in [0.2, 0.25) is 0 Å². The van der Waals surface area contributed by atoms with E-state index in [9.17, 15) is 14.4 Å². The van der Waals surface area contributed by atoms with Crippen molar-refractivity contribution in [2.45, 2.75) is 30.1 Å². The zero-order valence-corrected chi connectivity index (χ0v) is 13.1. The molecule has 1 saturated heterocycles. The quantitative estimate of drug-likeness (QED) is 0.452. The second kappa shape index (κ2) is 6.34. The maximum absolute atomic E-state index is 11.9. The van der Waals surface area contributed by atoms with E-state index < -0.39 is 17.8 Å². The first-order chi connectivity index (χ1) is 9.47. The van der Waals surface area contributed by atoms with E-state index in [0.717, 1.165) is 12.0 Å². The van der Waals surface area contributed by atoms with Gasteiger partial charge in [0, 0.05) is 16.8 Å². The second-order valence-corrected chi connectivity index (χ2v) is 6.77. The zero-order chi connectivity index (χ0) is 14.7. The molecule has 0 radical (unpaired) electrons. The molecule has 0 spiro atoms. The number of carbonyl (C=O) groups excluding carboxylic acids is 3. The Morgan fingerprint density at radius 3 is 2.30 bits per heavy atom. The van der Waals surface area contributed by atoms with Crippen molar-refractivity contribution in [2.75, 3.05) is 0 Å². The summed E-state index contributed by atoms with van der Waals surface area (Å²) in [6.45, 7) is 2.10. The molecule has 2 amide bonds. The van der Waals surface area contributed by atoms with Crippen molar-refractivity contribution in [2.24, 2.45) is 0 Å². The van der Waals surface area contributed by atoms with E-state index in [1.807, 2.05) is 12.1 Å². The van der Waals surface area contributed by atoms with E-state index in [0.29, 0.717) is 14.6 Å². The highest BCUT2D eigenvalue weighted by Crippen LogP contribution is 2.15. The standard InChI is InChI=1S/C14H14INO4/c1-9(15)8-10-2-4-11(5-3-10)14(19)20-16-12(17)6-7-13(16)18/h2-5,9H,6-8H2,1H3. The summed E-state index contributed by atoms with van der Waals surface area (Å²) in [5.74, 6) is -1.64. The maximum Gasteiger partial charge on any atom is 0.363 e. The van der Waals surface area contributed by atoms with E-state index in [4.69, 9.17) is 4.84 Å². The van der Waals surface area contributed by atoms with E-state index in [1.165, 1.54) is 0 Å². The summed E-state index contributed by atoms with van der Waals surface area (Å²) in [5.41, 5.74) is 1.44. The lowest BCUT2D eigenvalue weighted by atomic mass is 10.1. The lowest BCUT2D eigenvalue weighted by molar-refractivity contribution is -0.172. The molecule has 1 atom stereocenters. The molecule has 5 nitrogen and oxygen atoms in total. The van der Waals surface area contributed by atoms with Gasteiger partial charge in [-0.3, -0.25) is 9.59 Å². The van der Waals surface area contributed by atoms with E-state index in [-0.39, 0.29) is 12.8 Å². The van der Waals surface area contributed by atoms with E-state index >= 15 is 0 Å². The third-order valence-corrected chi connectivity index (χ3v) is 3.33. The largest absolute Gasteiger partial charge is 0.363 e. The molecule has 1 aliphatic rings. The van der Waals surface area contributed by atoms with E-state index in [2.05, 4.69) is 29.5 Å². The summed E-state index contributed by atoms with van der Waals surface area (Å²) < 4.78 is 0.505. The van der Waals surface area contributed by atoms with Crippen molar-refractivity contribution < 1.29 is 19.2 Å². The molecule has 1 aromatic rings.